The number of anilines is 1. The number of aromatic nitrogens is 3. The first kappa shape index (κ1) is 14.0. The van der Waals surface area contributed by atoms with Gasteiger partial charge in [0.15, 0.2) is 0 Å². The molecule has 0 saturated heterocycles. The van der Waals surface area contributed by atoms with Gasteiger partial charge in [-0.2, -0.15) is 18.2 Å². The van der Waals surface area contributed by atoms with E-state index in [1.165, 1.54) is 6.07 Å². The molecule has 2 rings (SSSR count). The lowest BCUT2D eigenvalue weighted by molar-refractivity contribution is -0.138. The number of hydrogen-bond donors (Lipinski definition) is 1. The predicted molar refractivity (Wildman–Crippen MR) is 65.2 cm³/mol. The first-order valence-corrected chi connectivity index (χ1v) is 5.60. The van der Waals surface area contributed by atoms with E-state index in [4.69, 9.17) is 10.5 Å². The van der Waals surface area contributed by atoms with Gasteiger partial charge < -0.3 is 10.5 Å². The molecule has 0 fully saturated rings. The smallest absolute Gasteiger partial charge is 0.420 e. The van der Waals surface area contributed by atoms with Crippen LogP contribution in [-0.4, -0.2) is 15.2 Å². The minimum atomic E-state index is -4.59. The summed E-state index contributed by atoms with van der Waals surface area (Å²) in [5.41, 5.74) is 5.47. The van der Waals surface area contributed by atoms with E-state index in [-0.39, 0.29) is 11.7 Å². The van der Waals surface area contributed by atoms with Crippen molar-refractivity contribution in [1.29, 1.82) is 0 Å². The molecule has 2 N–H and O–H groups in total. The Hall–Kier alpha value is -2.38. The quantitative estimate of drug-likeness (QED) is 0.858. The molecule has 0 aliphatic rings. The second-order valence-electron chi connectivity index (χ2n) is 4.12. The summed E-state index contributed by atoms with van der Waals surface area (Å²) in [6.45, 7) is 3.34. The number of aryl methyl sites for hydroxylation is 2. The molecule has 0 unspecified atom stereocenters. The SMILES string of the molecule is Cc1nnc(Oc2ccc(N)cc2C(F)(F)F)nc1C. The summed E-state index contributed by atoms with van der Waals surface area (Å²) in [4.78, 5) is 3.92. The van der Waals surface area contributed by atoms with Gasteiger partial charge in [-0.3, -0.25) is 0 Å². The van der Waals surface area contributed by atoms with Gasteiger partial charge in [0.1, 0.15) is 11.3 Å². The van der Waals surface area contributed by atoms with Crippen molar-refractivity contribution in [2.75, 3.05) is 5.73 Å². The average Bonchev–Trinajstić information content (AvgIpc) is 2.35. The molecule has 1 aromatic carbocycles. The number of nitrogens with zero attached hydrogens (tertiary/aromatic N) is 3. The Balaban J connectivity index is 2.40. The molecule has 0 atom stereocenters. The molecule has 2 aromatic rings. The summed E-state index contributed by atoms with van der Waals surface area (Å²) in [5, 5.41) is 7.34. The predicted octanol–water partition coefficient (Wildman–Crippen LogP) is 2.88. The molecule has 0 saturated carbocycles. The monoisotopic (exact) mass is 284 g/mol. The molecule has 20 heavy (non-hydrogen) atoms. The Morgan fingerprint density at radius 3 is 2.40 bits per heavy atom. The highest BCUT2D eigenvalue weighted by atomic mass is 19.4. The van der Waals surface area contributed by atoms with Crippen LogP contribution < -0.4 is 10.5 Å². The summed E-state index contributed by atoms with van der Waals surface area (Å²) in [6, 6.07) is 2.97. The molecular weight excluding hydrogens is 273 g/mol. The van der Waals surface area contributed by atoms with Gasteiger partial charge >= 0.3 is 12.2 Å². The maximum atomic E-state index is 12.9. The third-order valence-electron chi connectivity index (χ3n) is 2.58. The standard InChI is InChI=1S/C12H11F3N4O/c1-6-7(2)18-19-11(17-6)20-10-4-3-8(16)5-9(10)12(13,14)15/h3-5H,16H2,1-2H3. The average molecular weight is 284 g/mol. The maximum Gasteiger partial charge on any atom is 0.420 e. The largest absolute Gasteiger partial charge is 0.423 e. The van der Waals surface area contributed by atoms with Crippen LogP contribution in [0.2, 0.25) is 0 Å². The molecule has 0 amide bonds. The van der Waals surface area contributed by atoms with Gasteiger partial charge in [-0.1, -0.05) is 5.10 Å². The van der Waals surface area contributed by atoms with Crippen LogP contribution in [0.25, 0.3) is 0 Å². The molecule has 8 heteroatoms. The van der Waals surface area contributed by atoms with Crippen LogP contribution in [0.15, 0.2) is 18.2 Å². The number of hydrogen-bond acceptors (Lipinski definition) is 5. The molecule has 0 radical (unpaired) electrons. The normalized spacial score (nSPS) is 11.4. The Bertz CT molecular complexity index is 643. The topological polar surface area (TPSA) is 73.9 Å². The Morgan fingerprint density at radius 2 is 1.80 bits per heavy atom. The molecule has 1 aromatic heterocycles. The minimum Gasteiger partial charge on any atom is -0.423 e. The molecule has 0 aliphatic heterocycles. The second kappa shape index (κ2) is 4.95. The number of ether oxygens (including phenoxy) is 1. The third kappa shape index (κ3) is 2.95. The zero-order valence-corrected chi connectivity index (χ0v) is 10.7. The van der Waals surface area contributed by atoms with Crippen LogP contribution in [0.5, 0.6) is 11.8 Å². The van der Waals surface area contributed by atoms with Crippen molar-refractivity contribution in [3.8, 4) is 11.8 Å². The number of benzene rings is 1. The highest BCUT2D eigenvalue weighted by Crippen LogP contribution is 2.38. The Kier molecular flexibility index (Phi) is 3.47. The minimum absolute atomic E-state index is 0.0104. The van der Waals surface area contributed by atoms with Crippen LogP contribution in [-0.2, 0) is 6.18 Å². The van der Waals surface area contributed by atoms with Crippen molar-refractivity contribution in [1.82, 2.24) is 15.2 Å². The lowest BCUT2D eigenvalue weighted by Crippen LogP contribution is -2.09. The lowest BCUT2D eigenvalue weighted by Gasteiger charge is -2.13. The zero-order valence-electron chi connectivity index (χ0n) is 10.7. The Labute approximate surface area is 112 Å². The molecular formula is C12H11F3N4O. The maximum absolute atomic E-state index is 12.9. The number of halogens is 3. The van der Waals surface area contributed by atoms with Gasteiger partial charge in [0, 0.05) is 5.69 Å². The zero-order chi connectivity index (χ0) is 14.9. The molecule has 0 bridgehead atoms. The van der Waals surface area contributed by atoms with Crippen LogP contribution in [0.1, 0.15) is 17.0 Å². The van der Waals surface area contributed by atoms with Crippen molar-refractivity contribution in [2.45, 2.75) is 20.0 Å². The summed E-state index contributed by atoms with van der Waals surface area (Å²) >= 11 is 0. The van der Waals surface area contributed by atoms with Gasteiger partial charge in [0.25, 0.3) is 0 Å². The van der Waals surface area contributed by atoms with Crippen molar-refractivity contribution in [3.05, 3.63) is 35.2 Å². The second-order valence-corrected chi connectivity index (χ2v) is 4.12. The van der Waals surface area contributed by atoms with E-state index in [0.717, 1.165) is 12.1 Å². The van der Waals surface area contributed by atoms with E-state index in [1.807, 2.05) is 0 Å². The van der Waals surface area contributed by atoms with E-state index in [0.29, 0.717) is 11.4 Å². The van der Waals surface area contributed by atoms with Crippen LogP contribution in [0.4, 0.5) is 18.9 Å². The highest BCUT2D eigenvalue weighted by molar-refractivity contribution is 5.49. The van der Waals surface area contributed by atoms with Crippen molar-refractivity contribution < 1.29 is 17.9 Å². The first-order valence-electron chi connectivity index (χ1n) is 5.60. The number of alkyl halides is 3. The summed E-state index contributed by atoms with van der Waals surface area (Å²) < 4.78 is 43.7. The first-order chi connectivity index (χ1) is 9.27. The van der Waals surface area contributed by atoms with Crippen molar-refractivity contribution in [2.24, 2.45) is 0 Å². The molecule has 5 nitrogen and oxygen atoms in total. The fourth-order valence-corrected chi connectivity index (χ4v) is 1.44. The Morgan fingerprint density at radius 1 is 1.10 bits per heavy atom. The summed E-state index contributed by atoms with van der Waals surface area (Å²) in [6.07, 6.45) is -4.59. The van der Waals surface area contributed by atoms with Crippen LogP contribution >= 0.6 is 0 Å². The van der Waals surface area contributed by atoms with Crippen LogP contribution in [0, 0.1) is 13.8 Å². The molecule has 0 spiro atoms. The van der Waals surface area contributed by atoms with Gasteiger partial charge in [0.05, 0.1) is 11.4 Å². The number of nitrogen functional groups attached to an aromatic ring is 1. The van der Waals surface area contributed by atoms with E-state index in [2.05, 4.69) is 15.2 Å². The van der Waals surface area contributed by atoms with Crippen molar-refractivity contribution in [3.63, 3.8) is 0 Å². The van der Waals surface area contributed by atoms with Gasteiger partial charge in [0.2, 0.25) is 0 Å². The molecule has 106 valence electrons. The van der Waals surface area contributed by atoms with E-state index >= 15 is 0 Å². The summed E-state index contributed by atoms with van der Waals surface area (Å²) in [5.74, 6) is -0.420. The van der Waals surface area contributed by atoms with E-state index in [9.17, 15) is 13.2 Å². The molecule has 1 heterocycles. The number of rotatable bonds is 2. The van der Waals surface area contributed by atoms with Gasteiger partial charge in [-0.25, -0.2) is 0 Å². The highest BCUT2D eigenvalue weighted by Gasteiger charge is 2.35. The van der Waals surface area contributed by atoms with E-state index < -0.39 is 17.5 Å². The summed E-state index contributed by atoms with van der Waals surface area (Å²) in [7, 11) is 0. The number of nitrogens with two attached hydrogens (primary N) is 1. The van der Waals surface area contributed by atoms with Crippen molar-refractivity contribution >= 4 is 5.69 Å². The molecule has 0 aliphatic carbocycles. The van der Waals surface area contributed by atoms with E-state index in [1.54, 1.807) is 13.8 Å². The third-order valence-corrected chi connectivity index (χ3v) is 2.58. The lowest BCUT2D eigenvalue weighted by atomic mass is 10.1. The van der Waals surface area contributed by atoms with Crippen LogP contribution in [0.3, 0.4) is 0 Å². The van der Waals surface area contributed by atoms with Gasteiger partial charge in [-0.15, -0.1) is 5.10 Å². The fraction of sp³-hybridized carbons (Fsp3) is 0.250. The fourth-order valence-electron chi connectivity index (χ4n) is 1.44. The van der Waals surface area contributed by atoms with Gasteiger partial charge in [-0.05, 0) is 32.0 Å².